The van der Waals surface area contributed by atoms with Crippen molar-refractivity contribution in [2.75, 3.05) is 0 Å². The average molecular weight is 205 g/mol. The summed E-state index contributed by atoms with van der Waals surface area (Å²) in [6, 6.07) is 0. The Morgan fingerprint density at radius 2 is 2.50 bits per heavy atom. The molecule has 1 N–H and O–H groups in total. The molecule has 0 aromatic carbocycles. The van der Waals surface area contributed by atoms with Crippen molar-refractivity contribution in [1.29, 1.82) is 0 Å². The molecular weight excluding hydrogens is 200 g/mol. The number of nitrogens with one attached hydrogen (secondary N) is 1. The SMILES string of the molecule is O=[N+]([O-])C1C=CC(Br)=CN1. The second kappa shape index (κ2) is 2.83. The van der Waals surface area contributed by atoms with E-state index in [-0.39, 0.29) is 0 Å². The van der Waals surface area contributed by atoms with Crippen LogP contribution in [-0.2, 0) is 0 Å². The molecule has 0 aromatic heterocycles. The van der Waals surface area contributed by atoms with Crippen LogP contribution in [-0.4, -0.2) is 11.1 Å². The first-order valence-corrected chi connectivity index (χ1v) is 3.43. The van der Waals surface area contributed by atoms with Gasteiger partial charge in [-0.05, 0) is 22.0 Å². The van der Waals surface area contributed by atoms with Crippen LogP contribution in [0.15, 0.2) is 22.8 Å². The Hall–Kier alpha value is -0.840. The third kappa shape index (κ3) is 1.57. The smallest absolute Gasteiger partial charge is 0.303 e. The normalized spacial score (nSPS) is 23.3. The van der Waals surface area contributed by atoms with E-state index in [0.29, 0.717) is 0 Å². The zero-order chi connectivity index (χ0) is 7.56. The minimum absolute atomic E-state index is 0.396. The molecule has 0 fully saturated rings. The Morgan fingerprint density at radius 1 is 1.80 bits per heavy atom. The van der Waals surface area contributed by atoms with Crippen molar-refractivity contribution < 1.29 is 4.92 Å². The fourth-order valence-electron chi connectivity index (χ4n) is 0.583. The Balaban J connectivity index is 2.60. The van der Waals surface area contributed by atoms with E-state index >= 15 is 0 Å². The van der Waals surface area contributed by atoms with Crippen LogP contribution in [0.4, 0.5) is 0 Å². The molecule has 0 saturated heterocycles. The van der Waals surface area contributed by atoms with Gasteiger partial charge in [0.2, 0.25) is 0 Å². The summed E-state index contributed by atoms with van der Waals surface area (Å²) in [7, 11) is 0. The van der Waals surface area contributed by atoms with Crippen LogP contribution in [0.1, 0.15) is 0 Å². The van der Waals surface area contributed by atoms with Crippen molar-refractivity contribution in [3.8, 4) is 0 Å². The van der Waals surface area contributed by atoms with E-state index in [0.717, 1.165) is 4.48 Å². The first-order valence-electron chi connectivity index (χ1n) is 2.63. The number of hydrogen-bond donors (Lipinski definition) is 1. The summed E-state index contributed by atoms with van der Waals surface area (Å²) in [5, 5.41) is 12.7. The fraction of sp³-hybridized carbons (Fsp3) is 0.200. The topological polar surface area (TPSA) is 55.2 Å². The summed E-state index contributed by atoms with van der Waals surface area (Å²) in [6.07, 6.45) is 3.89. The van der Waals surface area contributed by atoms with Crippen molar-refractivity contribution in [3.63, 3.8) is 0 Å². The Bertz CT molecular complexity index is 212. The van der Waals surface area contributed by atoms with Crippen LogP contribution in [0.5, 0.6) is 0 Å². The predicted octanol–water partition coefficient (Wildman–Crippen LogP) is 0.985. The van der Waals surface area contributed by atoms with Crippen LogP contribution < -0.4 is 5.32 Å². The largest absolute Gasteiger partial charge is 0.326 e. The molecule has 0 aromatic rings. The molecule has 10 heavy (non-hydrogen) atoms. The average Bonchev–Trinajstić information content (AvgIpc) is 1.88. The van der Waals surface area contributed by atoms with Crippen LogP contribution in [0.2, 0.25) is 0 Å². The predicted molar refractivity (Wildman–Crippen MR) is 40.1 cm³/mol. The van der Waals surface area contributed by atoms with Gasteiger partial charge in [-0.15, -0.1) is 0 Å². The fourth-order valence-corrected chi connectivity index (χ4v) is 0.868. The van der Waals surface area contributed by atoms with Gasteiger partial charge in [0, 0.05) is 21.7 Å². The molecule has 54 valence electrons. The number of halogens is 1. The second-order valence-corrected chi connectivity index (χ2v) is 2.70. The van der Waals surface area contributed by atoms with Gasteiger partial charge in [-0.3, -0.25) is 10.1 Å². The van der Waals surface area contributed by atoms with Crippen molar-refractivity contribution in [2.24, 2.45) is 0 Å². The summed E-state index contributed by atoms with van der Waals surface area (Å²) in [6.45, 7) is 0. The maximum Gasteiger partial charge on any atom is 0.303 e. The first-order chi connectivity index (χ1) is 4.70. The number of hydrogen-bond acceptors (Lipinski definition) is 3. The van der Waals surface area contributed by atoms with Crippen LogP contribution in [0, 0.1) is 10.1 Å². The van der Waals surface area contributed by atoms with E-state index in [1.807, 2.05) is 0 Å². The minimum atomic E-state index is -0.777. The lowest BCUT2D eigenvalue weighted by atomic mass is 10.3. The Morgan fingerprint density at radius 3 is 2.90 bits per heavy atom. The van der Waals surface area contributed by atoms with Crippen LogP contribution in [0.3, 0.4) is 0 Å². The summed E-state index contributed by atoms with van der Waals surface area (Å²) >= 11 is 3.15. The lowest BCUT2D eigenvalue weighted by Gasteiger charge is -2.08. The van der Waals surface area contributed by atoms with Gasteiger partial charge in [-0.2, -0.15) is 0 Å². The van der Waals surface area contributed by atoms with E-state index < -0.39 is 11.1 Å². The van der Waals surface area contributed by atoms with Gasteiger partial charge in [0.15, 0.2) is 0 Å². The second-order valence-electron chi connectivity index (χ2n) is 1.79. The van der Waals surface area contributed by atoms with Gasteiger partial charge in [0.05, 0.1) is 0 Å². The van der Waals surface area contributed by atoms with Crippen LogP contribution >= 0.6 is 15.9 Å². The van der Waals surface area contributed by atoms with Crippen molar-refractivity contribution in [1.82, 2.24) is 5.32 Å². The summed E-state index contributed by atoms with van der Waals surface area (Å²) in [5.41, 5.74) is 0. The van der Waals surface area contributed by atoms with E-state index in [1.54, 1.807) is 12.3 Å². The molecule has 0 radical (unpaired) electrons. The van der Waals surface area contributed by atoms with Gasteiger partial charge in [-0.1, -0.05) is 0 Å². The number of nitrogens with zero attached hydrogens (tertiary/aromatic N) is 1. The monoisotopic (exact) mass is 204 g/mol. The number of allylic oxidation sites excluding steroid dienone is 2. The summed E-state index contributed by atoms with van der Waals surface area (Å²) in [5.74, 6) is 0. The molecule has 1 unspecified atom stereocenters. The Kier molecular flexibility index (Phi) is 2.06. The molecule has 0 bridgehead atoms. The van der Waals surface area contributed by atoms with Gasteiger partial charge < -0.3 is 5.32 Å². The zero-order valence-electron chi connectivity index (χ0n) is 4.95. The Labute approximate surface area is 65.9 Å². The summed E-state index contributed by atoms with van der Waals surface area (Å²) < 4.78 is 0.811. The van der Waals surface area contributed by atoms with E-state index in [4.69, 9.17) is 0 Å². The highest BCUT2D eigenvalue weighted by Gasteiger charge is 2.15. The quantitative estimate of drug-likeness (QED) is 0.512. The van der Waals surface area contributed by atoms with Gasteiger partial charge in [-0.25, -0.2) is 0 Å². The third-order valence-corrected chi connectivity index (χ3v) is 1.55. The molecular formula is C5H5BrN2O2. The van der Waals surface area contributed by atoms with Crippen LogP contribution in [0.25, 0.3) is 0 Å². The van der Waals surface area contributed by atoms with E-state index in [1.165, 1.54) is 6.08 Å². The molecule has 1 aliphatic rings. The standard InChI is InChI=1S/C5H5BrN2O2/c6-4-1-2-5(7-3-4)8(9)10/h1-3,5,7H. The minimum Gasteiger partial charge on any atom is -0.326 e. The highest BCUT2D eigenvalue weighted by Crippen LogP contribution is 2.09. The number of nitro groups is 1. The lowest BCUT2D eigenvalue weighted by molar-refractivity contribution is -0.514. The number of rotatable bonds is 1. The van der Waals surface area contributed by atoms with Crippen molar-refractivity contribution >= 4 is 15.9 Å². The summed E-state index contributed by atoms with van der Waals surface area (Å²) in [4.78, 5) is 9.71. The maximum atomic E-state index is 10.1. The number of dihydropyridines is 1. The zero-order valence-corrected chi connectivity index (χ0v) is 6.54. The van der Waals surface area contributed by atoms with Gasteiger partial charge in [0.25, 0.3) is 0 Å². The molecule has 0 spiro atoms. The molecule has 0 aliphatic carbocycles. The molecule has 1 atom stereocenters. The van der Waals surface area contributed by atoms with Crippen molar-refractivity contribution in [3.05, 3.63) is 32.9 Å². The molecule has 1 aliphatic heterocycles. The molecule has 0 saturated carbocycles. The van der Waals surface area contributed by atoms with Crippen molar-refractivity contribution in [2.45, 2.75) is 6.17 Å². The highest BCUT2D eigenvalue weighted by atomic mass is 79.9. The highest BCUT2D eigenvalue weighted by molar-refractivity contribution is 9.11. The van der Waals surface area contributed by atoms with Gasteiger partial charge in [0.1, 0.15) is 0 Å². The molecule has 1 heterocycles. The van der Waals surface area contributed by atoms with E-state index in [2.05, 4.69) is 21.2 Å². The molecule has 5 heteroatoms. The maximum absolute atomic E-state index is 10.1. The van der Waals surface area contributed by atoms with Gasteiger partial charge >= 0.3 is 6.17 Å². The van der Waals surface area contributed by atoms with E-state index in [9.17, 15) is 10.1 Å². The molecule has 1 rings (SSSR count). The third-order valence-electron chi connectivity index (χ3n) is 1.06. The first kappa shape index (κ1) is 7.27. The molecule has 0 amide bonds. The lowest BCUT2D eigenvalue weighted by Crippen LogP contribution is -2.32. The molecule has 4 nitrogen and oxygen atoms in total.